The lowest BCUT2D eigenvalue weighted by Gasteiger charge is -2.21. The van der Waals surface area contributed by atoms with Crippen molar-refractivity contribution in [2.24, 2.45) is 11.7 Å². The van der Waals surface area contributed by atoms with E-state index in [0.29, 0.717) is 11.4 Å². The third kappa shape index (κ3) is 8.88. The minimum atomic E-state index is -5.68. The molecule has 3 rings (SSSR count). The Morgan fingerprint density at radius 3 is 2.54 bits per heavy atom. The molecule has 7 N–H and O–H groups in total. The van der Waals surface area contributed by atoms with Crippen molar-refractivity contribution in [2.45, 2.75) is 45.6 Å². The SMILES string of the molecule is Cc1nc2c(c(C#CCN)cn2[C@H]2CC(OCC(C)C)[C@@H](COP(=O)(O)OP(=O)(O)OP(=O)(O)O)O2)c(=O)[nH]1. The Kier molecular flexibility index (Phi) is 10.1. The van der Waals surface area contributed by atoms with E-state index in [-0.39, 0.29) is 36.5 Å². The van der Waals surface area contributed by atoms with Crippen LogP contribution in [0.5, 0.6) is 0 Å². The molecule has 0 saturated carbocycles. The van der Waals surface area contributed by atoms with Gasteiger partial charge in [0.05, 0.1) is 30.2 Å². The molecule has 1 fully saturated rings. The minimum absolute atomic E-state index is 0.0532. The van der Waals surface area contributed by atoms with E-state index in [1.165, 1.54) is 0 Å². The van der Waals surface area contributed by atoms with E-state index in [1.54, 1.807) is 17.7 Å². The standard InChI is InChI=1S/C19H29N4O13P3/c1-11(2)9-32-14-7-16(23-8-13(5-4-6-20)17-18(23)21-12(3)22-19(17)24)34-15(14)10-33-38(28,29)36-39(30,31)35-37(25,26)27/h8,11,14-16H,6-7,9-10,20H2,1-3H3,(H,28,29)(H,30,31)(H,21,22,24)(H2,25,26,27)/t14?,15-,16-/m1/s1. The molecule has 20 heteroatoms. The van der Waals surface area contributed by atoms with E-state index in [2.05, 4.69) is 30.4 Å². The third-order valence-electron chi connectivity index (χ3n) is 5.08. The van der Waals surface area contributed by atoms with Crippen molar-refractivity contribution in [3.8, 4) is 11.8 Å². The summed E-state index contributed by atoms with van der Waals surface area (Å²) >= 11 is 0. The molecule has 0 amide bonds. The van der Waals surface area contributed by atoms with Gasteiger partial charge in [-0.2, -0.15) is 8.62 Å². The molecule has 1 aliphatic heterocycles. The van der Waals surface area contributed by atoms with Crippen LogP contribution < -0.4 is 11.3 Å². The molecule has 3 unspecified atom stereocenters. The van der Waals surface area contributed by atoms with Gasteiger partial charge in [-0.15, -0.1) is 0 Å². The first-order valence-electron chi connectivity index (χ1n) is 11.4. The average Bonchev–Trinajstić information content (AvgIpc) is 3.33. The first kappa shape index (κ1) is 31.8. The van der Waals surface area contributed by atoms with Crippen LogP contribution in [0, 0.1) is 24.7 Å². The quantitative estimate of drug-likeness (QED) is 0.153. The van der Waals surface area contributed by atoms with Crippen LogP contribution in [0.1, 0.15) is 37.9 Å². The Morgan fingerprint density at radius 2 is 1.92 bits per heavy atom. The zero-order chi connectivity index (χ0) is 29.2. The van der Waals surface area contributed by atoms with Gasteiger partial charge < -0.3 is 44.3 Å². The Labute approximate surface area is 222 Å². The fourth-order valence-electron chi connectivity index (χ4n) is 3.71. The van der Waals surface area contributed by atoms with Crippen LogP contribution >= 0.6 is 23.5 Å². The minimum Gasteiger partial charge on any atom is -0.375 e. The number of nitrogens with zero attached hydrogens (tertiary/aromatic N) is 2. The number of phosphoric acid groups is 3. The van der Waals surface area contributed by atoms with Crippen molar-refractivity contribution >= 4 is 34.5 Å². The number of hydrogen-bond donors (Lipinski definition) is 6. The number of H-pyrrole nitrogens is 1. The predicted octanol–water partition coefficient (Wildman–Crippen LogP) is 1.02. The number of rotatable bonds is 11. The summed E-state index contributed by atoms with van der Waals surface area (Å²) in [4.78, 5) is 56.2. The number of nitrogens with two attached hydrogens (primary N) is 1. The lowest BCUT2D eigenvalue weighted by Crippen LogP contribution is -2.30. The lowest BCUT2D eigenvalue weighted by molar-refractivity contribution is -0.0629. The van der Waals surface area contributed by atoms with Gasteiger partial charge in [-0.1, -0.05) is 25.7 Å². The van der Waals surface area contributed by atoms with E-state index < -0.39 is 54.1 Å². The van der Waals surface area contributed by atoms with Crippen molar-refractivity contribution in [1.29, 1.82) is 0 Å². The van der Waals surface area contributed by atoms with Crippen LogP contribution in [0.15, 0.2) is 11.0 Å². The average molecular weight is 614 g/mol. The number of fused-ring (bicyclic) bond motifs is 1. The van der Waals surface area contributed by atoms with Gasteiger partial charge in [0, 0.05) is 19.2 Å². The second kappa shape index (κ2) is 12.4. The zero-order valence-corrected chi connectivity index (χ0v) is 23.7. The second-order valence-electron chi connectivity index (χ2n) is 8.82. The fourth-order valence-corrected chi connectivity index (χ4v) is 6.74. The summed E-state index contributed by atoms with van der Waals surface area (Å²) < 4.78 is 60.4. The van der Waals surface area contributed by atoms with Crippen molar-refractivity contribution in [3.05, 3.63) is 27.9 Å². The first-order valence-corrected chi connectivity index (χ1v) is 15.9. The van der Waals surface area contributed by atoms with Crippen molar-refractivity contribution < 1.29 is 55.9 Å². The van der Waals surface area contributed by atoms with Gasteiger partial charge in [0.2, 0.25) is 0 Å². The third-order valence-corrected chi connectivity index (χ3v) is 8.88. The Balaban J connectivity index is 1.87. The van der Waals surface area contributed by atoms with Gasteiger partial charge in [0.15, 0.2) is 5.65 Å². The molecule has 5 atom stereocenters. The molecule has 1 aliphatic rings. The van der Waals surface area contributed by atoms with Crippen LogP contribution in [-0.4, -0.2) is 66.1 Å². The summed E-state index contributed by atoms with van der Waals surface area (Å²) in [6.07, 6.45) is -0.815. The molecular formula is C19H29N4O13P3. The van der Waals surface area contributed by atoms with Crippen LogP contribution in [-0.2, 0) is 36.3 Å². The van der Waals surface area contributed by atoms with Gasteiger partial charge in [-0.3, -0.25) is 9.32 Å². The van der Waals surface area contributed by atoms with E-state index in [9.17, 15) is 28.3 Å². The van der Waals surface area contributed by atoms with Crippen molar-refractivity contribution in [2.75, 3.05) is 19.8 Å². The lowest BCUT2D eigenvalue weighted by atomic mass is 10.1. The van der Waals surface area contributed by atoms with Gasteiger partial charge >= 0.3 is 23.5 Å². The van der Waals surface area contributed by atoms with Crippen molar-refractivity contribution in [3.63, 3.8) is 0 Å². The maximum Gasteiger partial charge on any atom is 0.490 e. The number of aryl methyl sites for hydroxylation is 1. The molecule has 3 heterocycles. The molecule has 218 valence electrons. The van der Waals surface area contributed by atoms with Crippen LogP contribution in [0.25, 0.3) is 11.0 Å². The van der Waals surface area contributed by atoms with Crippen LogP contribution in [0.2, 0.25) is 0 Å². The Bertz CT molecular complexity index is 1460. The van der Waals surface area contributed by atoms with E-state index in [4.69, 9.17) is 29.5 Å². The monoisotopic (exact) mass is 614 g/mol. The number of hydrogen-bond acceptors (Lipinski definition) is 11. The number of aromatic nitrogens is 3. The van der Waals surface area contributed by atoms with Crippen LogP contribution in [0.3, 0.4) is 0 Å². The zero-order valence-electron chi connectivity index (χ0n) is 21.0. The molecule has 1 saturated heterocycles. The highest BCUT2D eigenvalue weighted by molar-refractivity contribution is 7.66. The van der Waals surface area contributed by atoms with E-state index in [0.717, 1.165) is 0 Å². The molecule has 0 spiro atoms. The van der Waals surface area contributed by atoms with Gasteiger partial charge in [0.1, 0.15) is 18.2 Å². The Morgan fingerprint density at radius 1 is 1.23 bits per heavy atom. The summed E-state index contributed by atoms with van der Waals surface area (Å²) in [6, 6.07) is 0. The molecule has 0 aromatic carbocycles. The predicted molar refractivity (Wildman–Crippen MR) is 134 cm³/mol. The molecule has 0 radical (unpaired) electrons. The summed E-state index contributed by atoms with van der Waals surface area (Å²) in [5, 5.41) is 0.210. The van der Waals surface area contributed by atoms with Crippen LogP contribution in [0.4, 0.5) is 0 Å². The smallest absolute Gasteiger partial charge is 0.375 e. The summed E-state index contributed by atoms with van der Waals surface area (Å²) in [6.45, 7) is 5.03. The maximum absolute atomic E-state index is 12.7. The topological polar surface area (TPSA) is 255 Å². The first-order chi connectivity index (χ1) is 18.0. The number of nitrogens with one attached hydrogen (secondary N) is 1. The summed E-state index contributed by atoms with van der Waals surface area (Å²) in [5.74, 6) is 5.95. The summed E-state index contributed by atoms with van der Waals surface area (Å²) in [7, 11) is -16.6. The van der Waals surface area contributed by atoms with Gasteiger partial charge in [0.25, 0.3) is 5.56 Å². The number of aromatic amines is 1. The second-order valence-corrected chi connectivity index (χ2v) is 13.2. The normalized spacial score (nSPS) is 22.9. The van der Waals surface area contributed by atoms with Crippen molar-refractivity contribution in [1.82, 2.24) is 14.5 Å². The van der Waals surface area contributed by atoms with Gasteiger partial charge in [-0.05, 0) is 12.8 Å². The Hall–Kier alpha value is -1.73. The van der Waals surface area contributed by atoms with E-state index in [1.807, 2.05) is 13.8 Å². The molecule has 2 aromatic heterocycles. The number of phosphoric ester groups is 1. The molecule has 2 aromatic rings. The molecule has 0 aliphatic carbocycles. The molecule has 39 heavy (non-hydrogen) atoms. The largest absolute Gasteiger partial charge is 0.490 e. The highest BCUT2D eigenvalue weighted by atomic mass is 31.3. The van der Waals surface area contributed by atoms with Gasteiger partial charge in [-0.25, -0.2) is 18.7 Å². The highest BCUT2D eigenvalue weighted by Gasteiger charge is 2.43. The van der Waals surface area contributed by atoms with E-state index >= 15 is 0 Å². The fraction of sp³-hybridized carbons (Fsp3) is 0.579. The summed E-state index contributed by atoms with van der Waals surface area (Å²) in [5.41, 5.74) is 5.66. The number of ether oxygens (including phenoxy) is 2. The molecular weight excluding hydrogens is 585 g/mol. The molecule has 17 nitrogen and oxygen atoms in total. The highest BCUT2D eigenvalue weighted by Crippen LogP contribution is 2.66. The maximum atomic E-state index is 12.7. The molecule has 0 bridgehead atoms.